The molecule has 2 aromatic carbocycles. The lowest BCUT2D eigenvalue weighted by atomic mass is 9.76. The number of para-hydroxylation sites is 1. The lowest BCUT2D eigenvalue weighted by Crippen LogP contribution is -2.45. The molecule has 1 amide bonds. The molecule has 44 heavy (non-hydrogen) atoms. The highest BCUT2D eigenvalue weighted by molar-refractivity contribution is 7.91. The normalized spacial score (nSPS) is 23.0. The topological polar surface area (TPSA) is 126 Å². The Morgan fingerprint density at radius 3 is 2.45 bits per heavy atom. The largest absolute Gasteiger partial charge is 0.440 e. The van der Waals surface area contributed by atoms with Gasteiger partial charge in [-0.2, -0.15) is 5.26 Å². The smallest absolute Gasteiger partial charge is 0.226 e. The second kappa shape index (κ2) is 13.1. The lowest BCUT2D eigenvalue weighted by Gasteiger charge is -2.33. The Bertz CT molecular complexity index is 1610. The van der Waals surface area contributed by atoms with Crippen molar-refractivity contribution in [1.29, 1.82) is 5.26 Å². The van der Waals surface area contributed by atoms with E-state index in [4.69, 9.17) is 14.1 Å². The molecule has 2 aliphatic heterocycles. The summed E-state index contributed by atoms with van der Waals surface area (Å²) in [6.45, 7) is 1.91. The predicted molar refractivity (Wildman–Crippen MR) is 164 cm³/mol. The lowest BCUT2D eigenvalue weighted by molar-refractivity contribution is -0.127. The van der Waals surface area contributed by atoms with Gasteiger partial charge in [0.2, 0.25) is 11.8 Å². The molecule has 6 rings (SSSR count). The van der Waals surface area contributed by atoms with E-state index in [0.717, 1.165) is 36.9 Å². The van der Waals surface area contributed by atoms with E-state index in [1.165, 1.54) is 12.1 Å². The van der Waals surface area contributed by atoms with E-state index >= 15 is 0 Å². The molecule has 3 aromatic rings. The van der Waals surface area contributed by atoms with Gasteiger partial charge >= 0.3 is 0 Å². The number of hydrogen-bond donors (Lipinski definition) is 1. The average Bonchev–Trinajstić information content (AvgIpc) is 3.49. The third-order valence-electron chi connectivity index (χ3n) is 9.20. The van der Waals surface area contributed by atoms with Gasteiger partial charge in [-0.25, -0.2) is 17.8 Å². The second-order valence-electron chi connectivity index (χ2n) is 12.0. The fraction of sp³-hybridized carbons (Fsp3) is 0.485. The van der Waals surface area contributed by atoms with Crippen molar-refractivity contribution in [3.05, 3.63) is 60.1 Å². The third kappa shape index (κ3) is 6.52. The Morgan fingerprint density at radius 2 is 1.73 bits per heavy atom. The molecule has 0 unspecified atom stereocenters. The molecular weight excluding hydrogens is 583 g/mol. The molecule has 3 heterocycles. The minimum absolute atomic E-state index is 0.0471. The zero-order chi connectivity index (χ0) is 30.7. The Morgan fingerprint density at radius 1 is 1.02 bits per heavy atom. The average molecular weight is 621 g/mol. The molecule has 11 heteroatoms. The number of aromatic nitrogens is 1. The van der Waals surface area contributed by atoms with E-state index in [1.807, 2.05) is 24.3 Å². The van der Waals surface area contributed by atoms with Crippen molar-refractivity contribution >= 4 is 21.4 Å². The number of hydrogen-bond acceptors (Lipinski definition) is 8. The SMILES string of the molecule is N#C[C@H](NC(=O)[C@@H]1CCCC[C@H]1c1oc(-c2ccc(F)cc2)nc1-c1ccccc1N1CCS(=O)(=O)CC1)C1CCOCC1. The van der Waals surface area contributed by atoms with E-state index in [2.05, 4.69) is 16.3 Å². The van der Waals surface area contributed by atoms with Crippen molar-refractivity contribution in [2.24, 2.45) is 11.8 Å². The molecule has 0 spiro atoms. The number of rotatable bonds is 7. The van der Waals surface area contributed by atoms with Crippen LogP contribution in [0.25, 0.3) is 22.7 Å². The number of halogens is 1. The molecule has 3 aliphatic rings. The fourth-order valence-corrected chi connectivity index (χ4v) is 7.92. The summed E-state index contributed by atoms with van der Waals surface area (Å²) in [6, 6.07) is 15.4. The number of carbonyl (C=O) groups excluding carboxylic acids is 1. The van der Waals surface area contributed by atoms with Gasteiger partial charge in [0.15, 0.2) is 9.84 Å². The number of sulfone groups is 1. The zero-order valence-corrected chi connectivity index (χ0v) is 25.4. The zero-order valence-electron chi connectivity index (χ0n) is 24.6. The summed E-state index contributed by atoms with van der Waals surface area (Å²) in [6.07, 6.45) is 4.62. The number of nitriles is 1. The van der Waals surface area contributed by atoms with Crippen LogP contribution in [0, 0.1) is 29.0 Å². The van der Waals surface area contributed by atoms with Crippen molar-refractivity contribution in [2.45, 2.75) is 50.5 Å². The molecule has 1 aromatic heterocycles. The molecule has 232 valence electrons. The minimum atomic E-state index is -3.08. The van der Waals surface area contributed by atoms with Crippen molar-refractivity contribution in [2.75, 3.05) is 42.7 Å². The van der Waals surface area contributed by atoms with Crippen LogP contribution in [0.5, 0.6) is 0 Å². The Kier molecular flexibility index (Phi) is 9.01. The number of nitrogens with zero attached hydrogens (tertiary/aromatic N) is 3. The van der Waals surface area contributed by atoms with Crippen LogP contribution in [0.1, 0.15) is 50.2 Å². The van der Waals surface area contributed by atoms with Crippen LogP contribution in [-0.4, -0.2) is 63.2 Å². The molecule has 0 radical (unpaired) electrons. The summed E-state index contributed by atoms with van der Waals surface area (Å²) in [5, 5.41) is 13.0. The summed E-state index contributed by atoms with van der Waals surface area (Å²) in [5.41, 5.74) is 2.85. The van der Waals surface area contributed by atoms with E-state index in [1.54, 1.807) is 12.1 Å². The van der Waals surface area contributed by atoms with Gasteiger partial charge in [0, 0.05) is 55.0 Å². The van der Waals surface area contributed by atoms with E-state index in [-0.39, 0.29) is 35.1 Å². The third-order valence-corrected chi connectivity index (χ3v) is 10.8. The Hall–Kier alpha value is -3.75. The van der Waals surface area contributed by atoms with Gasteiger partial charge in [-0.15, -0.1) is 0 Å². The highest BCUT2D eigenvalue weighted by Crippen LogP contribution is 2.45. The predicted octanol–water partition coefficient (Wildman–Crippen LogP) is 5.09. The van der Waals surface area contributed by atoms with E-state index in [0.29, 0.717) is 62.1 Å². The molecule has 1 aliphatic carbocycles. The van der Waals surface area contributed by atoms with Gasteiger partial charge in [-0.05, 0) is 61.9 Å². The van der Waals surface area contributed by atoms with E-state index < -0.39 is 21.8 Å². The van der Waals surface area contributed by atoms with Crippen molar-refractivity contribution in [3.8, 4) is 28.8 Å². The van der Waals surface area contributed by atoms with Gasteiger partial charge < -0.3 is 19.4 Å². The van der Waals surface area contributed by atoms with Gasteiger partial charge in [0.05, 0.1) is 17.6 Å². The maximum atomic E-state index is 13.9. The second-order valence-corrected chi connectivity index (χ2v) is 14.3. The fourth-order valence-electron chi connectivity index (χ4n) is 6.72. The van der Waals surface area contributed by atoms with Crippen LogP contribution >= 0.6 is 0 Å². The Labute approximate surface area is 257 Å². The quantitative estimate of drug-likeness (QED) is 0.387. The van der Waals surface area contributed by atoms with Crippen LogP contribution in [-0.2, 0) is 19.4 Å². The number of benzene rings is 2. The summed E-state index contributed by atoms with van der Waals surface area (Å²) < 4.78 is 50.1. The first-order valence-electron chi connectivity index (χ1n) is 15.4. The Balaban J connectivity index is 1.38. The number of oxazole rings is 1. The summed E-state index contributed by atoms with van der Waals surface area (Å²) in [4.78, 5) is 20.9. The summed E-state index contributed by atoms with van der Waals surface area (Å²) in [5.74, 6) is -0.124. The van der Waals surface area contributed by atoms with Crippen LogP contribution < -0.4 is 10.2 Å². The first kappa shape index (κ1) is 30.3. The number of ether oxygens (including phenoxy) is 1. The molecular formula is C33H37FN4O5S. The first-order valence-corrected chi connectivity index (χ1v) is 17.2. The standard InChI is InChI=1S/C33H37FN4O5S/c34-24-11-9-23(10-12-24)33-37-30(27-7-3-4-8-29(27)38-15-19-44(40,41)20-16-38)31(43-33)25-5-1-2-6-26(25)32(39)36-28(21-35)22-13-17-42-18-14-22/h3-4,7-12,22,25-26,28H,1-2,5-6,13-20H2,(H,36,39)/t25-,26-,28+/m1/s1. The molecule has 9 nitrogen and oxygen atoms in total. The number of amides is 1. The number of anilines is 1. The monoisotopic (exact) mass is 620 g/mol. The van der Waals surface area contributed by atoms with Crippen molar-refractivity contribution in [1.82, 2.24) is 10.3 Å². The highest BCUT2D eigenvalue weighted by atomic mass is 32.2. The van der Waals surface area contributed by atoms with Crippen LogP contribution in [0.15, 0.2) is 52.9 Å². The highest BCUT2D eigenvalue weighted by Gasteiger charge is 2.39. The molecule has 0 bridgehead atoms. The van der Waals surface area contributed by atoms with Crippen LogP contribution in [0.4, 0.5) is 10.1 Å². The van der Waals surface area contributed by atoms with Gasteiger partial charge in [-0.1, -0.05) is 31.0 Å². The summed E-state index contributed by atoms with van der Waals surface area (Å²) in [7, 11) is -3.08. The van der Waals surface area contributed by atoms with Crippen molar-refractivity contribution in [3.63, 3.8) is 0 Å². The molecule has 1 saturated carbocycles. The van der Waals surface area contributed by atoms with Gasteiger partial charge in [0.1, 0.15) is 23.3 Å². The van der Waals surface area contributed by atoms with Gasteiger partial charge in [0.25, 0.3) is 0 Å². The summed E-state index contributed by atoms with van der Waals surface area (Å²) >= 11 is 0. The molecule has 3 fully saturated rings. The maximum absolute atomic E-state index is 13.9. The number of nitrogens with one attached hydrogen (secondary N) is 1. The minimum Gasteiger partial charge on any atom is -0.440 e. The van der Waals surface area contributed by atoms with Crippen molar-refractivity contribution < 1.29 is 26.8 Å². The van der Waals surface area contributed by atoms with Crippen LogP contribution in [0.2, 0.25) is 0 Å². The molecule has 2 saturated heterocycles. The molecule has 1 N–H and O–H groups in total. The first-order chi connectivity index (χ1) is 21.3. The maximum Gasteiger partial charge on any atom is 0.226 e. The van der Waals surface area contributed by atoms with E-state index in [9.17, 15) is 22.9 Å². The van der Waals surface area contributed by atoms with Crippen LogP contribution in [0.3, 0.4) is 0 Å². The number of carbonyl (C=O) groups is 1. The molecule has 3 atom stereocenters. The van der Waals surface area contributed by atoms with Gasteiger partial charge in [-0.3, -0.25) is 4.79 Å².